The number of benzene rings is 8. The molecule has 0 atom stereocenters. The quantitative estimate of drug-likeness (QED) is 0.172. The van der Waals surface area contributed by atoms with Gasteiger partial charge in [0.05, 0.1) is 11.4 Å². The number of hydrogen-bond acceptors (Lipinski definition) is 3. The molecule has 3 aromatic heterocycles. The number of para-hydroxylation sites is 2. The van der Waals surface area contributed by atoms with Crippen LogP contribution in [0.5, 0.6) is 0 Å². The lowest BCUT2D eigenvalue weighted by atomic mass is 9.96. The summed E-state index contributed by atoms with van der Waals surface area (Å²) in [7, 11) is 0. The van der Waals surface area contributed by atoms with Gasteiger partial charge in [0.15, 0.2) is 0 Å². The molecule has 8 aromatic carbocycles. The highest BCUT2D eigenvalue weighted by molar-refractivity contribution is 6.07. The minimum Gasteiger partial charge on any atom is -0.456 e. The van der Waals surface area contributed by atoms with Gasteiger partial charge in [-0.25, -0.2) is 4.98 Å². The highest BCUT2D eigenvalue weighted by Crippen LogP contribution is 2.36. The maximum Gasteiger partial charge on any atom is 0.136 e. The number of fused-ring (bicyclic) bond motifs is 6. The van der Waals surface area contributed by atoms with Gasteiger partial charge in [-0.15, -0.1) is 0 Å². The van der Waals surface area contributed by atoms with Gasteiger partial charge in [-0.2, -0.15) is 0 Å². The summed E-state index contributed by atoms with van der Waals surface area (Å²) in [6, 6.07) is 70.5. The third-order valence-corrected chi connectivity index (χ3v) is 10.9. The van der Waals surface area contributed by atoms with Crippen molar-refractivity contribution >= 4 is 43.9 Å². The van der Waals surface area contributed by atoms with E-state index in [-0.39, 0.29) is 0 Å². The van der Waals surface area contributed by atoms with Gasteiger partial charge in [0.2, 0.25) is 0 Å². The molecule has 3 heteroatoms. The van der Waals surface area contributed by atoms with Crippen molar-refractivity contribution in [3.05, 3.63) is 200 Å². The molecular weight excluding hydrogens is 683 g/mol. The van der Waals surface area contributed by atoms with Crippen molar-refractivity contribution in [1.82, 2.24) is 4.98 Å². The van der Waals surface area contributed by atoms with Crippen LogP contribution in [0.15, 0.2) is 209 Å². The van der Waals surface area contributed by atoms with Crippen LogP contribution in [-0.4, -0.2) is 4.98 Å². The van der Waals surface area contributed by atoms with Crippen LogP contribution in [0.3, 0.4) is 0 Å². The Morgan fingerprint density at radius 2 is 0.625 bits per heavy atom. The van der Waals surface area contributed by atoms with Crippen LogP contribution in [0.4, 0.5) is 0 Å². The predicted molar refractivity (Wildman–Crippen MR) is 231 cm³/mol. The van der Waals surface area contributed by atoms with Crippen molar-refractivity contribution in [3.8, 4) is 67.0 Å². The van der Waals surface area contributed by atoms with Crippen LogP contribution in [0.2, 0.25) is 0 Å². The third kappa shape index (κ3) is 5.66. The predicted octanol–water partition coefficient (Wildman–Crippen LogP) is 14.9. The van der Waals surface area contributed by atoms with Gasteiger partial charge in [-0.05, 0) is 93.0 Å². The summed E-state index contributed by atoms with van der Waals surface area (Å²) in [5.41, 5.74) is 16.9. The molecule has 262 valence electrons. The van der Waals surface area contributed by atoms with E-state index in [1.807, 2.05) is 30.3 Å². The van der Waals surface area contributed by atoms with Crippen LogP contribution in [0.1, 0.15) is 0 Å². The van der Waals surface area contributed by atoms with Crippen LogP contribution in [0, 0.1) is 0 Å². The summed E-state index contributed by atoms with van der Waals surface area (Å²) in [6.45, 7) is 0. The second-order valence-electron chi connectivity index (χ2n) is 14.3. The molecule has 0 saturated heterocycles. The van der Waals surface area contributed by atoms with Crippen LogP contribution < -0.4 is 0 Å². The Morgan fingerprint density at radius 1 is 0.232 bits per heavy atom. The Balaban J connectivity index is 0.892. The lowest BCUT2D eigenvalue weighted by Gasteiger charge is -2.12. The molecule has 0 amide bonds. The average Bonchev–Trinajstić information content (AvgIpc) is 3.84. The maximum absolute atomic E-state index is 6.18. The average molecular weight is 716 g/mol. The van der Waals surface area contributed by atoms with Gasteiger partial charge >= 0.3 is 0 Å². The first kappa shape index (κ1) is 32.0. The van der Waals surface area contributed by atoms with Crippen LogP contribution in [-0.2, 0) is 0 Å². The molecule has 0 radical (unpaired) electrons. The highest BCUT2D eigenvalue weighted by Gasteiger charge is 2.13. The first-order chi connectivity index (χ1) is 27.7. The molecule has 0 fully saturated rings. The molecule has 0 spiro atoms. The number of pyridine rings is 1. The summed E-state index contributed by atoms with van der Waals surface area (Å²) >= 11 is 0. The molecule has 0 bridgehead atoms. The number of hydrogen-bond donors (Lipinski definition) is 0. The van der Waals surface area contributed by atoms with Crippen molar-refractivity contribution in [2.75, 3.05) is 0 Å². The van der Waals surface area contributed by atoms with Gasteiger partial charge in [-0.3, -0.25) is 0 Å². The number of furan rings is 2. The standard InChI is InChI=1S/C53H33NO2/c1-2-8-39(9-3-1)48-31-43(32-49(54-48)40-24-22-37(23-25-40)42-26-28-46-44-10-4-6-12-50(44)56-53(46)33-42)38-20-16-35(17-21-38)34-14-18-36(19-15-34)41-27-29-52-47(30-41)45-11-5-7-13-51(45)55-52/h1-33H. The number of aromatic nitrogens is 1. The van der Waals surface area contributed by atoms with Crippen LogP contribution >= 0.6 is 0 Å². The minimum absolute atomic E-state index is 0.898. The molecule has 3 nitrogen and oxygen atoms in total. The molecule has 3 heterocycles. The zero-order valence-electron chi connectivity index (χ0n) is 30.3. The Morgan fingerprint density at radius 3 is 1.25 bits per heavy atom. The van der Waals surface area contributed by atoms with E-state index in [4.69, 9.17) is 13.8 Å². The Bertz CT molecular complexity index is 3210. The zero-order chi connectivity index (χ0) is 37.0. The Labute approximate surface area is 323 Å². The van der Waals surface area contributed by atoms with E-state index in [1.165, 1.54) is 22.3 Å². The highest BCUT2D eigenvalue weighted by atomic mass is 16.3. The zero-order valence-corrected chi connectivity index (χ0v) is 30.3. The molecule has 0 aliphatic heterocycles. The van der Waals surface area contributed by atoms with E-state index < -0.39 is 0 Å². The second kappa shape index (κ2) is 13.1. The summed E-state index contributed by atoms with van der Waals surface area (Å²) in [4.78, 5) is 5.17. The van der Waals surface area contributed by atoms with Gasteiger partial charge in [0.25, 0.3) is 0 Å². The molecule has 0 saturated carbocycles. The maximum atomic E-state index is 6.18. The SMILES string of the molecule is c1ccc(-c2cc(-c3ccc(-c4ccc(-c5ccc6oc7ccccc7c6c5)cc4)cc3)cc(-c3ccc(-c4ccc5c(c4)oc4ccccc45)cc3)n2)cc1. The van der Waals surface area contributed by atoms with Gasteiger partial charge in [0, 0.05) is 32.7 Å². The Kier molecular flexibility index (Phi) is 7.49. The molecule has 11 rings (SSSR count). The molecule has 0 aliphatic rings. The smallest absolute Gasteiger partial charge is 0.136 e. The second-order valence-corrected chi connectivity index (χ2v) is 14.3. The molecule has 0 unspecified atom stereocenters. The summed E-state index contributed by atoms with van der Waals surface area (Å²) < 4.78 is 12.2. The van der Waals surface area contributed by atoms with Gasteiger partial charge in [0.1, 0.15) is 22.3 Å². The largest absolute Gasteiger partial charge is 0.456 e. The molecule has 0 aliphatic carbocycles. The summed E-state index contributed by atoms with van der Waals surface area (Å²) in [5, 5.41) is 4.56. The molecule has 0 N–H and O–H groups in total. The van der Waals surface area contributed by atoms with E-state index in [2.05, 4.69) is 170 Å². The van der Waals surface area contributed by atoms with Crippen molar-refractivity contribution in [2.24, 2.45) is 0 Å². The van der Waals surface area contributed by atoms with Crippen molar-refractivity contribution in [1.29, 1.82) is 0 Å². The van der Waals surface area contributed by atoms with Crippen molar-refractivity contribution in [3.63, 3.8) is 0 Å². The lowest BCUT2D eigenvalue weighted by molar-refractivity contribution is 0.668. The minimum atomic E-state index is 0.898. The first-order valence-corrected chi connectivity index (χ1v) is 18.9. The summed E-state index contributed by atoms with van der Waals surface area (Å²) in [6.07, 6.45) is 0. The van der Waals surface area contributed by atoms with E-state index in [1.54, 1.807) is 0 Å². The molecular formula is C53H33NO2. The monoisotopic (exact) mass is 715 g/mol. The number of rotatable bonds is 6. The van der Waals surface area contributed by atoms with Crippen molar-refractivity contribution in [2.45, 2.75) is 0 Å². The fourth-order valence-electron chi connectivity index (χ4n) is 7.96. The number of nitrogens with zero attached hydrogens (tertiary/aromatic N) is 1. The molecule has 56 heavy (non-hydrogen) atoms. The van der Waals surface area contributed by atoms with Crippen LogP contribution in [0.25, 0.3) is 111 Å². The van der Waals surface area contributed by atoms with E-state index in [9.17, 15) is 0 Å². The van der Waals surface area contributed by atoms with E-state index in [0.717, 1.165) is 88.6 Å². The fraction of sp³-hybridized carbons (Fsp3) is 0. The van der Waals surface area contributed by atoms with Gasteiger partial charge < -0.3 is 8.83 Å². The Hall–Kier alpha value is -7.49. The third-order valence-electron chi connectivity index (χ3n) is 10.9. The first-order valence-electron chi connectivity index (χ1n) is 18.9. The van der Waals surface area contributed by atoms with E-state index >= 15 is 0 Å². The fourth-order valence-corrected chi connectivity index (χ4v) is 7.96. The van der Waals surface area contributed by atoms with Gasteiger partial charge in [-0.1, -0.05) is 152 Å². The van der Waals surface area contributed by atoms with E-state index in [0.29, 0.717) is 0 Å². The molecule has 11 aromatic rings. The van der Waals surface area contributed by atoms with Crippen molar-refractivity contribution < 1.29 is 8.83 Å². The normalized spacial score (nSPS) is 11.6. The summed E-state index contributed by atoms with van der Waals surface area (Å²) in [5.74, 6) is 0. The topological polar surface area (TPSA) is 39.2 Å². The lowest BCUT2D eigenvalue weighted by Crippen LogP contribution is -1.91.